The molecule has 1 amide bonds. The van der Waals surface area contributed by atoms with Crippen LogP contribution in [0.25, 0.3) is 20.9 Å². The second kappa shape index (κ2) is 7.70. The number of piperidine rings is 1. The molecule has 2 atom stereocenters. The van der Waals surface area contributed by atoms with Crippen LogP contribution in [0.3, 0.4) is 0 Å². The lowest BCUT2D eigenvalue weighted by molar-refractivity contribution is -0.00351. The number of benzene rings is 1. The standard InChI is InChI=1S/C15H19N7O2/c1-9-7-22(8-10(2)14(9)23)15(24)12-3-11(6-18-20-16)4-13(5-12)19-21-17/h3-5,9-10,14,23H,6-8H2,1-2H3. The number of aliphatic hydroxyl groups excluding tert-OH is 1. The summed E-state index contributed by atoms with van der Waals surface area (Å²) in [5, 5.41) is 17.1. The van der Waals surface area contributed by atoms with Gasteiger partial charge >= 0.3 is 0 Å². The third kappa shape index (κ3) is 3.97. The highest BCUT2D eigenvalue weighted by Crippen LogP contribution is 2.25. The molecule has 0 radical (unpaired) electrons. The first-order valence-electron chi connectivity index (χ1n) is 7.63. The molecule has 1 heterocycles. The fourth-order valence-electron chi connectivity index (χ4n) is 3.01. The fourth-order valence-corrected chi connectivity index (χ4v) is 3.01. The Balaban J connectivity index is 2.32. The van der Waals surface area contributed by atoms with E-state index in [0.717, 1.165) is 0 Å². The van der Waals surface area contributed by atoms with Crippen LogP contribution < -0.4 is 0 Å². The van der Waals surface area contributed by atoms with Crippen LogP contribution in [-0.4, -0.2) is 35.1 Å². The van der Waals surface area contributed by atoms with Crippen molar-refractivity contribution < 1.29 is 9.90 Å². The van der Waals surface area contributed by atoms with E-state index < -0.39 is 6.10 Å². The molecule has 0 spiro atoms. The van der Waals surface area contributed by atoms with E-state index in [1.165, 1.54) is 6.07 Å². The maximum Gasteiger partial charge on any atom is 0.253 e. The number of nitrogens with zero attached hydrogens (tertiary/aromatic N) is 7. The van der Waals surface area contributed by atoms with Gasteiger partial charge in [-0.3, -0.25) is 4.79 Å². The first-order valence-corrected chi connectivity index (χ1v) is 7.63. The molecule has 9 nitrogen and oxygen atoms in total. The van der Waals surface area contributed by atoms with Crippen LogP contribution in [0.5, 0.6) is 0 Å². The number of rotatable bonds is 4. The van der Waals surface area contributed by atoms with Gasteiger partial charge in [-0.1, -0.05) is 24.1 Å². The van der Waals surface area contributed by atoms with Crippen molar-refractivity contribution in [3.63, 3.8) is 0 Å². The first-order chi connectivity index (χ1) is 11.5. The molecule has 9 heteroatoms. The van der Waals surface area contributed by atoms with Crippen molar-refractivity contribution in [3.8, 4) is 0 Å². The zero-order valence-electron chi connectivity index (χ0n) is 13.6. The highest BCUT2D eigenvalue weighted by atomic mass is 16.3. The van der Waals surface area contributed by atoms with E-state index in [4.69, 9.17) is 11.1 Å². The van der Waals surface area contributed by atoms with Crippen LogP contribution >= 0.6 is 0 Å². The summed E-state index contributed by atoms with van der Waals surface area (Å²) in [5.41, 5.74) is 18.3. The van der Waals surface area contributed by atoms with Crippen LogP contribution in [0.2, 0.25) is 0 Å². The molecular weight excluding hydrogens is 310 g/mol. The van der Waals surface area contributed by atoms with Gasteiger partial charge in [-0.2, -0.15) is 0 Å². The molecule has 0 aromatic heterocycles. The number of carbonyl (C=O) groups is 1. The Morgan fingerprint density at radius 3 is 2.50 bits per heavy atom. The summed E-state index contributed by atoms with van der Waals surface area (Å²) >= 11 is 0. The number of hydrogen-bond donors (Lipinski definition) is 1. The van der Waals surface area contributed by atoms with E-state index in [-0.39, 0.29) is 24.3 Å². The van der Waals surface area contributed by atoms with Crippen LogP contribution in [0.4, 0.5) is 5.69 Å². The van der Waals surface area contributed by atoms with Gasteiger partial charge in [0, 0.05) is 34.2 Å². The predicted octanol–water partition coefficient (Wildman–Crippen LogP) is 3.53. The Bertz CT molecular complexity index is 711. The molecule has 2 rings (SSSR count). The van der Waals surface area contributed by atoms with Crippen molar-refractivity contribution in [1.29, 1.82) is 0 Å². The maximum atomic E-state index is 12.8. The van der Waals surface area contributed by atoms with Crippen molar-refractivity contribution in [1.82, 2.24) is 4.90 Å². The molecule has 0 aliphatic carbocycles. The summed E-state index contributed by atoms with van der Waals surface area (Å²) in [6.45, 7) is 4.80. The predicted molar refractivity (Wildman–Crippen MR) is 88.3 cm³/mol. The molecule has 1 saturated heterocycles. The topological polar surface area (TPSA) is 138 Å². The van der Waals surface area contributed by atoms with Gasteiger partial charge in [0.25, 0.3) is 5.91 Å². The van der Waals surface area contributed by atoms with E-state index in [1.54, 1.807) is 17.0 Å². The molecule has 1 aliphatic heterocycles. The molecule has 1 aromatic carbocycles. The summed E-state index contributed by atoms with van der Waals surface area (Å²) < 4.78 is 0. The van der Waals surface area contributed by atoms with Gasteiger partial charge in [0.2, 0.25) is 0 Å². The third-order valence-electron chi connectivity index (χ3n) is 4.17. The Morgan fingerprint density at radius 1 is 1.25 bits per heavy atom. The lowest BCUT2D eigenvalue weighted by atomic mass is 9.88. The summed E-state index contributed by atoms with van der Waals surface area (Å²) in [6.07, 6.45) is -0.427. The quantitative estimate of drug-likeness (QED) is 0.513. The van der Waals surface area contributed by atoms with Crippen molar-refractivity contribution in [2.24, 2.45) is 22.1 Å². The molecule has 24 heavy (non-hydrogen) atoms. The lowest BCUT2D eigenvalue weighted by Gasteiger charge is -2.38. The zero-order chi connectivity index (χ0) is 17.7. The minimum absolute atomic E-state index is 0.0133. The average molecular weight is 329 g/mol. The van der Waals surface area contributed by atoms with E-state index in [2.05, 4.69) is 20.1 Å². The molecule has 2 unspecified atom stereocenters. The molecule has 0 bridgehead atoms. The maximum absolute atomic E-state index is 12.8. The Morgan fingerprint density at radius 2 is 1.92 bits per heavy atom. The molecule has 1 N–H and O–H groups in total. The van der Waals surface area contributed by atoms with Crippen LogP contribution in [0.15, 0.2) is 28.4 Å². The second-order valence-corrected chi connectivity index (χ2v) is 6.12. The monoisotopic (exact) mass is 329 g/mol. The molecule has 1 aromatic rings. The highest BCUT2D eigenvalue weighted by molar-refractivity contribution is 5.95. The Labute approximate surface area is 139 Å². The van der Waals surface area contributed by atoms with E-state index in [0.29, 0.717) is 29.9 Å². The number of azide groups is 2. The largest absolute Gasteiger partial charge is 0.392 e. The number of hydrogen-bond acceptors (Lipinski definition) is 4. The number of amides is 1. The fraction of sp³-hybridized carbons (Fsp3) is 0.533. The summed E-state index contributed by atoms with van der Waals surface area (Å²) in [6, 6.07) is 4.73. The molecule has 1 fully saturated rings. The van der Waals surface area contributed by atoms with Crippen LogP contribution in [0, 0.1) is 11.8 Å². The van der Waals surface area contributed by atoms with Crippen molar-refractivity contribution >= 4 is 11.6 Å². The van der Waals surface area contributed by atoms with Gasteiger partial charge in [0.05, 0.1) is 12.6 Å². The van der Waals surface area contributed by atoms with Gasteiger partial charge in [0.15, 0.2) is 0 Å². The second-order valence-electron chi connectivity index (χ2n) is 6.12. The third-order valence-corrected chi connectivity index (χ3v) is 4.17. The smallest absolute Gasteiger partial charge is 0.253 e. The van der Waals surface area contributed by atoms with Gasteiger partial charge in [0.1, 0.15) is 0 Å². The number of aliphatic hydroxyl groups is 1. The van der Waals surface area contributed by atoms with E-state index in [1.807, 2.05) is 13.8 Å². The van der Waals surface area contributed by atoms with Crippen molar-refractivity contribution in [2.75, 3.05) is 13.1 Å². The summed E-state index contributed by atoms with van der Waals surface area (Å²) in [4.78, 5) is 19.9. The SMILES string of the molecule is CC1CN(C(=O)c2cc(CN=[N+]=[N-])cc(N=[N+]=[N-])c2)CC(C)C1O. The normalized spacial score (nSPS) is 23.1. The van der Waals surface area contributed by atoms with Crippen molar-refractivity contribution in [3.05, 3.63) is 50.2 Å². The van der Waals surface area contributed by atoms with Gasteiger partial charge in [-0.05, 0) is 46.7 Å². The molecule has 1 aliphatic rings. The van der Waals surface area contributed by atoms with E-state index in [9.17, 15) is 9.90 Å². The Kier molecular flexibility index (Phi) is 5.65. The lowest BCUT2D eigenvalue weighted by Crippen LogP contribution is -2.49. The molecule has 0 saturated carbocycles. The average Bonchev–Trinajstić information content (AvgIpc) is 2.56. The highest BCUT2D eigenvalue weighted by Gasteiger charge is 2.33. The molecule has 126 valence electrons. The van der Waals surface area contributed by atoms with Gasteiger partial charge < -0.3 is 10.0 Å². The minimum atomic E-state index is -0.427. The number of carbonyl (C=O) groups excluding carboxylic acids is 1. The first kappa shape index (κ1) is 17.6. The van der Waals surface area contributed by atoms with Crippen LogP contribution in [0.1, 0.15) is 29.8 Å². The van der Waals surface area contributed by atoms with E-state index >= 15 is 0 Å². The summed E-state index contributed by atoms with van der Waals surface area (Å²) in [7, 11) is 0. The molecular formula is C15H19N7O2. The zero-order valence-corrected chi connectivity index (χ0v) is 13.6. The Hall–Kier alpha value is -2.73. The van der Waals surface area contributed by atoms with Gasteiger partial charge in [-0.25, -0.2) is 0 Å². The van der Waals surface area contributed by atoms with Crippen LogP contribution in [-0.2, 0) is 6.54 Å². The van der Waals surface area contributed by atoms with Crippen molar-refractivity contribution in [2.45, 2.75) is 26.5 Å². The summed E-state index contributed by atoms with van der Waals surface area (Å²) in [5.74, 6) is -0.223. The number of likely N-dealkylation sites (tertiary alicyclic amines) is 1. The van der Waals surface area contributed by atoms with Gasteiger partial charge in [-0.15, -0.1) is 0 Å². The minimum Gasteiger partial charge on any atom is -0.392 e.